The normalized spacial score (nSPS) is 32.7. The van der Waals surface area contributed by atoms with Gasteiger partial charge in [-0.1, -0.05) is 11.6 Å². The summed E-state index contributed by atoms with van der Waals surface area (Å²) in [7, 11) is 0. The molecule has 0 aromatic rings. The molecule has 1 fully saturated rings. The van der Waals surface area contributed by atoms with Gasteiger partial charge in [-0.25, -0.2) is 0 Å². The van der Waals surface area contributed by atoms with Crippen LogP contribution in [-0.2, 0) is 0 Å². The fraction of sp³-hybridized carbons (Fsp3) is 0.800. The first kappa shape index (κ1) is 13.4. The van der Waals surface area contributed by atoms with Crippen molar-refractivity contribution in [3.05, 3.63) is 11.6 Å². The van der Waals surface area contributed by atoms with Crippen molar-refractivity contribution in [2.75, 3.05) is 0 Å². The summed E-state index contributed by atoms with van der Waals surface area (Å²) in [5.41, 5.74) is 12.5. The molecule has 1 unspecified atom stereocenters. The number of guanidine groups is 1. The maximum atomic E-state index is 5.44. The number of hydrogen-bond acceptors (Lipinski definition) is 1. The summed E-state index contributed by atoms with van der Waals surface area (Å²) in [5.74, 6) is 2.09. The smallest absolute Gasteiger partial charge is 0.186 e. The molecule has 18 heavy (non-hydrogen) atoms. The predicted octanol–water partition coefficient (Wildman–Crippen LogP) is 2.96. The molecule has 0 bridgehead atoms. The molecule has 3 heteroatoms. The van der Waals surface area contributed by atoms with Gasteiger partial charge in [0.25, 0.3) is 0 Å². The van der Waals surface area contributed by atoms with Crippen LogP contribution in [0.15, 0.2) is 16.6 Å². The highest BCUT2D eigenvalue weighted by molar-refractivity contribution is 5.75. The van der Waals surface area contributed by atoms with Crippen LogP contribution in [0.5, 0.6) is 0 Å². The Hall–Kier alpha value is -0.990. The van der Waals surface area contributed by atoms with Gasteiger partial charge in [0.05, 0.1) is 6.04 Å². The lowest BCUT2D eigenvalue weighted by Gasteiger charge is -2.30. The topological polar surface area (TPSA) is 64.4 Å². The Morgan fingerprint density at radius 1 is 1.17 bits per heavy atom. The van der Waals surface area contributed by atoms with Gasteiger partial charge in [-0.2, -0.15) is 0 Å². The molecule has 0 aliphatic heterocycles. The molecule has 0 heterocycles. The largest absolute Gasteiger partial charge is 0.370 e. The molecular formula is C15H27N3. The van der Waals surface area contributed by atoms with Crippen LogP contribution < -0.4 is 11.5 Å². The van der Waals surface area contributed by atoms with Crippen LogP contribution in [0, 0.1) is 11.8 Å². The number of hydrogen-bond donors (Lipinski definition) is 2. The highest BCUT2D eigenvalue weighted by Gasteiger charge is 2.24. The molecule has 3 nitrogen and oxygen atoms in total. The van der Waals surface area contributed by atoms with Crippen molar-refractivity contribution >= 4 is 5.96 Å². The standard InChI is InChI=1S/C15H27N3/c1-11-2-4-12(5-3-11)10-13-6-8-14(9-7-13)18-15(16)17/h2,12-14H,3-10H2,1H3,(H4,16,17,18). The van der Waals surface area contributed by atoms with E-state index in [9.17, 15) is 0 Å². The van der Waals surface area contributed by atoms with Gasteiger partial charge in [0.15, 0.2) is 5.96 Å². The molecular weight excluding hydrogens is 222 g/mol. The van der Waals surface area contributed by atoms with E-state index in [0.29, 0.717) is 6.04 Å². The third-order valence-corrected chi connectivity index (χ3v) is 4.56. The first-order valence-corrected chi connectivity index (χ1v) is 7.38. The van der Waals surface area contributed by atoms with E-state index >= 15 is 0 Å². The lowest BCUT2D eigenvalue weighted by atomic mass is 9.77. The van der Waals surface area contributed by atoms with Gasteiger partial charge in [0.1, 0.15) is 0 Å². The Kier molecular flexibility index (Phi) is 4.67. The monoisotopic (exact) mass is 249 g/mol. The molecule has 2 aliphatic rings. The molecule has 0 aromatic carbocycles. The van der Waals surface area contributed by atoms with Crippen LogP contribution in [0.4, 0.5) is 0 Å². The average molecular weight is 249 g/mol. The lowest BCUT2D eigenvalue weighted by molar-refractivity contribution is 0.260. The van der Waals surface area contributed by atoms with Gasteiger partial charge < -0.3 is 11.5 Å². The highest BCUT2D eigenvalue weighted by Crippen LogP contribution is 2.35. The maximum absolute atomic E-state index is 5.44. The summed E-state index contributed by atoms with van der Waals surface area (Å²) >= 11 is 0. The van der Waals surface area contributed by atoms with Crippen molar-refractivity contribution in [3.8, 4) is 0 Å². The first-order valence-electron chi connectivity index (χ1n) is 7.38. The van der Waals surface area contributed by atoms with Gasteiger partial charge in [0.2, 0.25) is 0 Å². The Bertz CT molecular complexity index is 321. The number of nitrogens with zero attached hydrogens (tertiary/aromatic N) is 1. The van der Waals surface area contributed by atoms with Crippen molar-refractivity contribution in [2.45, 2.75) is 64.3 Å². The maximum Gasteiger partial charge on any atom is 0.186 e. The molecule has 4 N–H and O–H groups in total. The van der Waals surface area contributed by atoms with E-state index in [1.165, 1.54) is 51.4 Å². The van der Waals surface area contributed by atoms with E-state index < -0.39 is 0 Å². The van der Waals surface area contributed by atoms with Gasteiger partial charge >= 0.3 is 0 Å². The Labute approximate surface area is 111 Å². The second-order valence-corrected chi connectivity index (χ2v) is 6.16. The minimum Gasteiger partial charge on any atom is -0.370 e. The Morgan fingerprint density at radius 3 is 2.44 bits per heavy atom. The predicted molar refractivity (Wildman–Crippen MR) is 77.3 cm³/mol. The number of allylic oxidation sites excluding steroid dienone is 2. The van der Waals surface area contributed by atoms with Gasteiger partial charge in [-0.05, 0) is 70.1 Å². The molecule has 2 rings (SSSR count). The van der Waals surface area contributed by atoms with Gasteiger partial charge in [-0.3, -0.25) is 4.99 Å². The van der Waals surface area contributed by atoms with Crippen LogP contribution in [0.25, 0.3) is 0 Å². The van der Waals surface area contributed by atoms with Crippen LogP contribution in [0.2, 0.25) is 0 Å². The van der Waals surface area contributed by atoms with Crippen LogP contribution >= 0.6 is 0 Å². The molecule has 0 spiro atoms. The Morgan fingerprint density at radius 2 is 1.89 bits per heavy atom. The summed E-state index contributed by atoms with van der Waals surface area (Å²) in [6, 6.07) is 0.389. The fourth-order valence-corrected chi connectivity index (χ4v) is 3.43. The second kappa shape index (κ2) is 6.26. The third-order valence-electron chi connectivity index (χ3n) is 4.56. The second-order valence-electron chi connectivity index (χ2n) is 6.16. The van der Waals surface area contributed by atoms with E-state index in [2.05, 4.69) is 18.0 Å². The van der Waals surface area contributed by atoms with Gasteiger partial charge in [-0.15, -0.1) is 0 Å². The van der Waals surface area contributed by atoms with E-state index in [0.717, 1.165) is 11.8 Å². The number of nitrogens with two attached hydrogens (primary N) is 2. The lowest BCUT2D eigenvalue weighted by Crippen LogP contribution is -2.28. The van der Waals surface area contributed by atoms with Crippen molar-refractivity contribution in [1.29, 1.82) is 0 Å². The van der Waals surface area contributed by atoms with E-state index in [1.54, 1.807) is 5.57 Å². The van der Waals surface area contributed by atoms with Crippen molar-refractivity contribution in [1.82, 2.24) is 0 Å². The zero-order valence-electron chi connectivity index (χ0n) is 11.6. The molecule has 1 atom stereocenters. The van der Waals surface area contributed by atoms with Gasteiger partial charge in [0, 0.05) is 0 Å². The van der Waals surface area contributed by atoms with Crippen molar-refractivity contribution in [2.24, 2.45) is 28.3 Å². The minimum absolute atomic E-state index is 0.256. The summed E-state index contributed by atoms with van der Waals surface area (Å²) in [5, 5.41) is 0. The zero-order chi connectivity index (χ0) is 13.0. The van der Waals surface area contributed by atoms with Crippen LogP contribution in [-0.4, -0.2) is 12.0 Å². The summed E-state index contributed by atoms with van der Waals surface area (Å²) in [4.78, 5) is 4.29. The van der Waals surface area contributed by atoms with E-state index in [-0.39, 0.29) is 5.96 Å². The molecule has 102 valence electrons. The first-order chi connectivity index (χ1) is 8.63. The van der Waals surface area contributed by atoms with E-state index in [1.807, 2.05) is 0 Å². The molecule has 2 aliphatic carbocycles. The molecule has 1 saturated carbocycles. The Balaban J connectivity index is 1.72. The number of aliphatic imine (C=N–C) groups is 1. The SMILES string of the molecule is CC1=CCC(CC2CCC(N=C(N)N)CC2)CC1. The molecule has 0 aromatic heterocycles. The van der Waals surface area contributed by atoms with Crippen LogP contribution in [0.3, 0.4) is 0 Å². The molecule has 0 radical (unpaired) electrons. The summed E-state index contributed by atoms with van der Waals surface area (Å²) in [6.07, 6.45) is 12.8. The van der Waals surface area contributed by atoms with Crippen molar-refractivity contribution in [3.63, 3.8) is 0 Å². The zero-order valence-corrected chi connectivity index (χ0v) is 11.6. The molecule has 0 amide bonds. The quantitative estimate of drug-likeness (QED) is 0.459. The highest BCUT2D eigenvalue weighted by atomic mass is 15.0. The van der Waals surface area contributed by atoms with Crippen molar-refractivity contribution < 1.29 is 0 Å². The third kappa shape index (κ3) is 4.04. The average Bonchev–Trinajstić information content (AvgIpc) is 2.34. The molecule has 0 saturated heterocycles. The number of rotatable bonds is 3. The minimum atomic E-state index is 0.256. The summed E-state index contributed by atoms with van der Waals surface area (Å²) < 4.78 is 0. The fourth-order valence-electron chi connectivity index (χ4n) is 3.43. The summed E-state index contributed by atoms with van der Waals surface area (Å²) in [6.45, 7) is 2.26. The van der Waals surface area contributed by atoms with E-state index in [4.69, 9.17) is 11.5 Å². The van der Waals surface area contributed by atoms with Crippen LogP contribution in [0.1, 0.15) is 58.3 Å².